The molecule has 88 valence electrons. The van der Waals surface area contributed by atoms with Crippen LogP contribution in [0.5, 0.6) is 0 Å². The highest BCUT2D eigenvalue weighted by molar-refractivity contribution is 5.94. The first-order chi connectivity index (χ1) is 7.54. The maximum atomic E-state index is 13.0. The van der Waals surface area contributed by atoms with E-state index in [9.17, 15) is 9.18 Å². The Balaban J connectivity index is 2.66. The maximum absolute atomic E-state index is 13.0. The molecule has 0 aliphatic heterocycles. The molecule has 0 aromatic heterocycles. The van der Waals surface area contributed by atoms with Gasteiger partial charge >= 0.3 is 0 Å². The first-order valence-corrected chi connectivity index (χ1v) is 5.37. The standard InChI is InChI=1S/C12H17FN2O/c1-3-4-11(14)12(16)15-9-5-6-10(13)8(2)7-9/h5-7,11H,3-4,14H2,1-2H3,(H,15,16)/t11-/m0/s1. The quantitative estimate of drug-likeness (QED) is 0.823. The van der Waals surface area contributed by atoms with Crippen LogP contribution < -0.4 is 11.1 Å². The molecule has 3 nitrogen and oxygen atoms in total. The van der Waals surface area contributed by atoms with Gasteiger partial charge in [0.05, 0.1) is 6.04 Å². The van der Waals surface area contributed by atoms with Crippen molar-refractivity contribution in [3.8, 4) is 0 Å². The fourth-order valence-electron chi connectivity index (χ4n) is 1.40. The van der Waals surface area contributed by atoms with Gasteiger partial charge < -0.3 is 11.1 Å². The van der Waals surface area contributed by atoms with Crippen LogP contribution in [0.1, 0.15) is 25.3 Å². The summed E-state index contributed by atoms with van der Waals surface area (Å²) in [4.78, 5) is 11.6. The van der Waals surface area contributed by atoms with Gasteiger partial charge in [0, 0.05) is 5.69 Å². The fraction of sp³-hybridized carbons (Fsp3) is 0.417. The van der Waals surface area contributed by atoms with E-state index in [1.807, 2.05) is 6.92 Å². The van der Waals surface area contributed by atoms with Crippen molar-refractivity contribution in [1.29, 1.82) is 0 Å². The second-order valence-electron chi connectivity index (χ2n) is 3.85. The second-order valence-corrected chi connectivity index (χ2v) is 3.85. The summed E-state index contributed by atoms with van der Waals surface area (Å²) in [5.74, 6) is -0.510. The van der Waals surface area contributed by atoms with Crippen LogP contribution in [0.3, 0.4) is 0 Å². The number of hydrogen-bond acceptors (Lipinski definition) is 2. The highest BCUT2D eigenvalue weighted by atomic mass is 19.1. The molecule has 1 rings (SSSR count). The Bertz CT molecular complexity index is 379. The fourth-order valence-corrected chi connectivity index (χ4v) is 1.40. The van der Waals surface area contributed by atoms with E-state index >= 15 is 0 Å². The Morgan fingerprint density at radius 1 is 1.56 bits per heavy atom. The van der Waals surface area contributed by atoms with Crippen molar-refractivity contribution >= 4 is 11.6 Å². The summed E-state index contributed by atoms with van der Waals surface area (Å²) in [5, 5.41) is 2.66. The monoisotopic (exact) mass is 224 g/mol. The van der Waals surface area contributed by atoms with Crippen molar-refractivity contribution in [1.82, 2.24) is 0 Å². The molecule has 1 amide bonds. The van der Waals surface area contributed by atoms with Crippen LogP contribution >= 0.6 is 0 Å². The Labute approximate surface area is 94.8 Å². The molecule has 0 radical (unpaired) electrons. The largest absolute Gasteiger partial charge is 0.325 e. The lowest BCUT2D eigenvalue weighted by molar-refractivity contribution is -0.117. The van der Waals surface area contributed by atoms with Crippen LogP contribution in [0.4, 0.5) is 10.1 Å². The van der Waals surface area contributed by atoms with E-state index in [0.717, 1.165) is 6.42 Å². The molecule has 0 unspecified atom stereocenters. The minimum Gasteiger partial charge on any atom is -0.325 e. The molecule has 1 aromatic carbocycles. The summed E-state index contributed by atoms with van der Waals surface area (Å²) in [6, 6.07) is 3.94. The maximum Gasteiger partial charge on any atom is 0.241 e. The molecule has 0 fully saturated rings. The summed E-state index contributed by atoms with van der Waals surface area (Å²) >= 11 is 0. The Kier molecular flexibility index (Phi) is 4.43. The van der Waals surface area contributed by atoms with Crippen molar-refractivity contribution in [2.75, 3.05) is 5.32 Å². The number of carbonyl (C=O) groups excluding carboxylic acids is 1. The van der Waals surface area contributed by atoms with E-state index < -0.39 is 6.04 Å². The van der Waals surface area contributed by atoms with Gasteiger partial charge in [-0.3, -0.25) is 4.79 Å². The summed E-state index contributed by atoms with van der Waals surface area (Å²) < 4.78 is 13.0. The van der Waals surface area contributed by atoms with Crippen LogP contribution in [0, 0.1) is 12.7 Å². The third-order valence-corrected chi connectivity index (χ3v) is 2.36. The third-order valence-electron chi connectivity index (χ3n) is 2.36. The molecule has 0 bridgehead atoms. The van der Waals surface area contributed by atoms with E-state index in [1.54, 1.807) is 13.0 Å². The van der Waals surface area contributed by atoms with E-state index in [2.05, 4.69) is 5.32 Å². The number of halogens is 1. The molecule has 0 aliphatic carbocycles. The summed E-state index contributed by atoms with van der Waals surface area (Å²) in [6.45, 7) is 3.62. The van der Waals surface area contributed by atoms with Crippen molar-refractivity contribution in [3.05, 3.63) is 29.6 Å². The SMILES string of the molecule is CCC[C@H](N)C(=O)Nc1ccc(F)c(C)c1. The minimum atomic E-state index is -0.504. The normalized spacial score (nSPS) is 12.2. The second kappa shape index (κ2) is 5.61. The summed E-state index contributed by atoms with van der Waals surface area (Å²) in [6.07, 6.45) is 1.50. The van der Waals surface area contributed by atoms with Gasteiger partial charge in [0.2, 0.25) is 5.91 Å². The number of hydrogen-bond donors (Lipinski definition) is 2. The molecular weight excluding hydrogens is 207 g/mol. The van der Waals surface area contributed by atoms with Crippen molar-refractivity contribution in [2.45, 2.75) is 32.7 Å². The first-order valence-electron chi connectivity index (χ1n) is 5.37. The average Bonchev–Trinajstić information content (AvgIpc) is 2.24. The van der Waals surface area contributed by atoms with Gasteiger partial charge in [-0.2, -0.15) is 0 Å². The molecule has 0 saturated heterocycles. The lowest BCUT2D eigenvalue weighted by Crippen LogP contribution is -2.35. The molecule has 0 saturated carbocycles. The van der Waals surface area contributed by atoms with Gasteiger partial charge in [0.1, 0.15) is 5.82 Å². The van der Waals surface area contributed by atoms with Gasteiger partial charge in [-0.05, 0) is 37.1 Å². The Hall–Kier alpha value is -1.42. The zero-order chi connectivity index (χ0) is 12.1. The molecule has 4 heteroatoms. The van der Waals surface area contributed by atoms with Crippen molar-refractivity contribution < 1.29 is 9.18 Å². The number of rotatable bonds is 4. The zero-order valence-electron chi connectivity index (χ0n) is 9.59. The number of nitrogens with two attached hydrogens (primary N) is 1. The Morgan fingerprint density at radius 3 is 2.81 bits per heavy atom. The number of nitrogens with one attached hydrogen (secondary N) is 1. The summed E-state index contributed by atoms with van der Waals surface area (Å²) in [5.41, 5.74) is 6.74. The molecular formula is C12H17FN2O. The molecule has 0 heterocycles. The molecule has 1 atom stereocenters. The van der Waals surface area contributed by atoms with Gasteiger partial charge in [-0.15, -0.1) is 0 Å². The highest BCUT2D eigenvalue weighted by Crippen LogP contribution is 2.14. The Morgan fingerprint density at radius 2 is 2.25 bits per heavy atom. The van der Waals surface area contributed by atoms with Crippen LogP contribution in [-0.2, 0) is 4.79 Å². The number of carbonyl (C=O) groups is 1. The minimum absolute atomic E-state index is 0.229. The van der Waals surface area contributed by atoms with Crippen LogP contribution in [0.25, 0.3) is 0 Å². The average molecular weight is 224 g/mol. The zero-order valence-corrected chi connectivity index (χ0v) is 9.59. The lowest BCUT2D eigenvalue weighted by atomic mass is 10.1. The molecule has 0 spiro atoms. The van der Waals surface area contributed by atoms with Crippen molar-refractivity contribution in [3.63, 3.8) is 0 Å². The van der Waals surface area contributed by atoms with Crippen LogP contribution in [-0.4, -0.2) is 11.9 Å². The molecule has 16 heavy (non-hydrogen) atoms. The van der Waals surface area contributed by atoms with E-state index in [1.165, 1.54) is 12.1 Å². The number of amides is 1. The molecule has 3 N–H and O–H groups in total. The third kappa shape index (κ3) is 3.31. The predicted molar refractivity (Wildman–Crippen MR) is 62.7 cm³/mol. The number of anilines is 1. The predicted octanol–water partition coefficient (Wildman–Crippen LogP) is 2.20. The van der Waals surface area contributed by atoms with E-state index in [4.69, 9.17) is 5.73 Å². The highest BCUT2D eigenvalue weighted by Gasteiger charge is 2.12. The molecule has 1 aromatic rings. The van der Waals surface area contributed by atoms with Gasteiger partial charge in [0.15, 0.2) is 0 Å². The molecule has 0 aliphatic rings. The number of benzene rings is 1. The van der Waals surface area contributed by atoms with E-state index in [-0.39, 0.29) is 11.7 Å². The summed E-state index contributed by atoms with van der Waals surface area (Å²) in [7, 11) is 0. The smallest absolute Gasteiger partial charge is 0.241 e. The first kappa shape index (κ1) is 12.6. The van der Waals surface area contributed by atoms with Gasteiger partial charge in [-0.25, -0.2) is 4.39 Å². The van der Waals surface area contributed by atoms with Gasteiger partial charge in [-0.1, -0.05) is 13.3 Å². The topological polar surface area (TPSA) is 55.1 Å². The van der Waals surface area contributed by atoms with E-state index in [0.29, 0.717) is 17.7 Å². The lowest BCUT2D eigenvalue weighted by Gasteiger charge is -2.11. The number of aryl methyl sites for hydroxylation is 1. The van der Waals surface area contributed by atoms with Gasteiger partial charge in [0.25, 0.3) is 0 Å². The van der Waals surface area contributed by atoms with Crippen molar-refractivity contribution in [2.24, 2.45) is 5.73 Å². The van der Waals surface area contributed by atoms with Crippen LogP contribution in [0.15, 0.2) is 18.2 Å². The van der Waals surface area contributed by atoms with Crippen LogP contribution in [0.2, 0.25) is 0 Å².